The van der Waals surface area contributed by atoms with Crippen molar-refractivity contribution in [3.63, 3.8) is 0 Å². The molecular formula is C14H26IN3S2. The van der Waals surface area contributed by atoms with Crippen LogP contribution in [0, 0.1) is 0 Å². The van der Waals surface area contributed by atoms with E-state index >= 15 is 0 Å². The van der Waals surface area contributed by atoms with Crippen LogP contribution in [0.5, 0.6) is 0 Å². The maximum absolute atomic E-state index is 4.66. The lowest BCUT2D eigenvalue weighted by molar-refractivity contribution is 0.745. The highest BCUT2D eigenvalue weighted by Gasteiger charge is 2.05. The van der Waals surface area contributed by atoms with Gasteiger partial charge in [-0.2, -0.15) is 23.1 Å². The number of nitrogens with one attached hydrogen (secondary N) is 2. The Balaban J connectivity index is 0.00000361. The molecule has 0 aliphatic carbocycles. The quantitative estimate of drug-likeness (QED) is 0.287. The Morgan fingerprint density at radius 1 is 1.45 bits per heavy atom. The molecule has 1 heterocycles. The van der Waals surface area contributed by atoms with Crippen molar-refractivity contribution in [3.05, 3.63) is 22.4 Å². The smallest absolute Gasteiger partial charge is 0.191 e. The fourth-order valence-corrected chi connectivity index (χ4v) is 2.87. The van der Waals surface area contributed by atoms with E-state index in [1.165, 1.54) is 17.7 Å². The molecule has 0 spiro atoms. The van der Waals surface area contributed by atoms with E-state index < -0.39 is 0 Å². The number of hydrogen-bond donors (Lipinski definition) is 2. The monoisotopic (exact) mass is 427 g/mol. The van der Waals surface area contributed by atoms with Crippen molar-refractivity contribution in [2.45, 2.75) is 26.2 Å². The van der Waals surface area contributed by atoms with Crippen LogP contribution >= 0.6 is 47.1 Å². The molecule has 116 valence electrons. The highest BCUT2D eigenvalue weighted by Crippen LogP contribution is 2.18. The largest absolute Gasteiger partial charge is 0.357 e. The van der Waals surface area contributed by atoms with E-state index in [-0.39, 0.29) is 24.0 Å². The van der Waals surface area contributed by atoms with Gasteiger partial charge in [0.2, 0.25) is 0 Å². The standard InChI is InChI=1S/C14H25N3S2.HI/c1-4-15-14(16-7-5-8-18-3)17-10-12(2)13-6-9-19-11-13;/h6,9,11-12H,4-5,7-8,10H2,1-3H3,(H2,15,16,17);1H. The average Bonchev–Trinajstić information content (AvgIpc) is 2.94. The van der Waals surface area contributed by atoms with E-state index in [0.717, 1.165) is 25.6 Å². The highest BCUT2D eigenvalue weighted by atomic mass is 127. The van der Waals surface area contributed by atoms with Crippen molar-refractivity contribution in [2.75, 3.05) is 31.6 Å². The molecule has 1 rings (SSSR count). The first-order valence-corrected chi connectivity index (χ1v) is 9.14. The Kier molecular flexibility index (Phi) is 12.8. The SMILES string of the molecule is CCNC(=NCC(C)c1ccsc1)NCCCSC.I. The number of thioether (sulfide) groups is 1. The zero-order valence-corrected chi connectivity index (χ0v) is 16.5. The van der Waals surface area contributed by atoms with Gasteiger partial charge in [0.05, 0.1) is 0 Å². The lowest BCUT2D eigenvalue weighted by atomic mass is 10.1. The minimum atomic E-state index is 0. The summed E-state index contributed by atoms with van der Waals surface area (Å²) >= 11 is 3.63. The van der Waals surface area contributed by atoms with Gasteiger partial charge in [-0.1, -0.05) is 6.92 Å². The van der Waals surface area contributed by atoms with Gasteiger partial charge >= 0.3 is 0 Å². The number of guanidine groups is 1. The summed E-state index contributed by atoms with van der Waals surface area (Å²) in [6.07, 6.45) is 3.31. The maximum atomic E-state index is 4.66. The summed E-state index contributed by atoms with van der Waals surface area (Å²) in [4.78, 5) is 4.66. The van der Waals surface area contributed by atoms with Gasteiger partial charge < -0.3 is 10.6 Å². The summed E-state index contributed by atoms with van der Waals surface area (Å²) in [7, 11) is 0. The van der Waals surface area contributed by atoms with Gasteiger partial charge in [0, 0.05) is 25.6 Å². The molecule has 20 heavy (non-hydrogen) atoms. The molecule has 1 aromatic heterocycles. The van der Waals surface area contributed by atoms with Crippen molar-refractivity contribution in [3.8, 4) is 0 Å². The van der Waals surface area contributed by atoms with Crippen LogP contribution in [0.15, 0.2) is 21.8 Å². The first-order chi connectivity index (χ1) is 9.27. The molecule has 0 aliphatic heterocycles. The molecule has 1 unspecified atom stereocenters. The average molecular weight is 427 g/mol. The Bertz CT molecular complexity index is 355. The third-order valence-electron chi connectivity index (χ3n) is 2.80. The first-order valence-electron chi connectivity index (χ1n) is 6.81. The van der Waals surface area contributed by atoms with Crippen molar-refractivity contribution >= 4 is 53.0 Å². The van der Waals surface area contributed by atoms with Crippen LogP contribution in [0.1, 0.15) is 31.7 Å². The van der Waals surface area contributed by atoms with Crippen molar-refractivity contribution in [1.29, 1.82) is 0 Å². The van der Waals surface area contributed by atoms with Crippen LogP contribution < -0.4 is 10.6 Å². The zero-order chi connectivity index (χ0) is 13.9. The fraction of sp³-hybridized carbons (Fsp3) is 0.643. The molecule has 0 bridgehead atoms. The van der Waals surface area contributed by atoms with E-state index in [4.69, 9.17) is 0 Å². The predicted molar refractivity (Wildman–Crippen MR) is 105 cm³/mol. The number of nitrogens with zero attached hydrogens (tertiary/aromatic N) is 1. The summed E-state index contributed by atoms with van der Waals surface area (Å²) in [5.74, 6) is 2.61. The Labute approximate surface area is 148 Å². The molecule has 6 heteroatoms. The Morgan fingerprint density at radius 3 is 2.85 bits per heavy atom. The third-order valence-corrected chi connectivity index (χ3v) is 4.20. The molecule has 0 amide bonds. The molecule has 1 aromatic rings. The molecule has 0 saturated carbocycles. The van der Waals surface area contributed by atoms with Crippen LogP contribution in [0.4, 0.5) is 0 Å². The highest BCUT2D eigenvalue weighted by molar-refractivity contribution is 14.0. The van der Waals surface area contributed by atoms with Gasteiger partial charge in [0.25, 0.3) is 0 Å². The maximum Gasteiger partial charge on any atom is 0.191 e. The van der Waals surface area contributed by atoms with Crippen LogP contribution in [-0.2, 0) is 0 Å². The predicted octanol–water partition coefficient (Wildman–Crippen LogP) is 3.78. The topological polar surface area (TPSA) is 36.4 Å². The second kappa shape index (κ2) is 12.8. The number of rotatable bonds is 8. The molecule has 0 aliphatic rings. The zero-order valence-electron chi connectivity index (χ0n) is 12.5. The van der Waals surface area contributed by atoms with Gasteiger partial charge in [-0.05, 0) is 47.7 Å². The summed E-state index contributed by atoms with van der Waals surface area (Å²) < 4.78 is 0. The molecule has 1 atom stereocenters. The van der Waals surface area contributed by atoms with Crippen LogP contribution in [0.2, 0.25) is 0 Å². The van der Waals surface area contributed by atoms with E-state index in [9.17, 15) is 0 Å². The normalized spacial score (nSPS) is 12.7. The first kappa shape index (κ1) is 20.1. The number of halogens is 1. The Hall–Kier alpha value is 0.0500. The second-order valence-corrected chi connectivity index (χ2v) is 6.22. The number of thiophene rings is 1. The minimum Gasteiger partial charge on any atom is -0.357 e. The van der Waals surface area contributed by atoms with E-state index in [0.29, 0.717) is 5.92 Å². The van der Waals surface area contributed by atoms with Crippen LogP contribution in [0.3, 0.4) is 0 Å². The Morgan fingerprint density at radius 2 is 2.25 bits per heavy atom. The molecule has 0 aromatic carbocycles. The second-order valence-electron chi connectivity index (χ2n) is 4.45. The fourth-order valence-electron chi connectivity index (χ4n) is 1.65. The van der Waals surface area contributed by atoms with Gasteiger partial charge in [-0.15, -0.1) is 24.0 Å². The summed E-state index contributed by atoms with van der Waals surface area (Å²) in [5, 5.41) is 11.0. The minimum absolute atomic E-state index is 0. The molecule has 0 radical (unpaired) electrons. The van der Waals surface area contributed by atoms with Gasteiger partial charge in [0.1, 0.15) is 0 Å². The van der Waals surface area contributed by atoms with Gasteiger partial charge in [-0.3, -0.25) is 4.99 Å². The summed E-state index contributed by atoms with van der Waals surface area (Å²) in [5.41, 5.74) is 1.38. The molecule has 3 nitrogen and oxygen atoms in total. The number of aliphatic imine (C=N–C) groups is 1. The molecule has 2 N–H and O–H groups in total. The van der Waals surface area contributed by atoms with Crippen molar-refractivity contribution < 1.29 is 0 Å². The van der Waals surface area contributed by atoms with Gasteiger partial charge in [-0.25, -0.2) is 0 Å². The molecule has 0 saturated heterocycles. The van der Waals surface area contributed by atoms with Gasteiger partial charge in [0.15, 0.2) is 5.96 Å². The van der Waals surface area contributed by atoms with Crippen LogP contribution in [0.25, 0.3) is 0 Å². The van der Waals surface area contributed by atoms with Crippen LogP contribution in [-0.4, -0.2) is 37.6 Å². The van der Waals surface area contributed by atoms with E-state index in [2.05, 4.69) is 52.6 Å². The summed E-state index contributed by atoms with van der Waals surface area (Å²) in [6.45, 7) is 7.04. The lowest BCUT2D eigenvalue weighted by Crippen LogP contribution is -2.38. The lowest BCUT2D eigenvalue weighted by Gasteiger charge is -2.12. The molecular weight excluding hydrogens is 401 g/mol. The van der Waals surface area contributed by atoms with E-state index in [1.54, 1.807) is 11.3 Å². The third kappa shape index (κ3) is 8.36. The van der Waals surface area contributed by atoms with Crippen molar-refractivity contribution in [2.24, 2.45) is 4.99 Å². The van der Waals surface area contributed by atoms with E-state index in [1.807, 2.05) is 11.8 Å². The van der Waals surface area contributed by atoms with Crippen molar-refractivity contribution in [1.82, 2.24) is 10.6 Å². The molecule has 0 fully saturated rings. The number of hydrogen-bond acceptors (Lipinski definition) is 3. The summed E-state index contributed by atoms with van der Waals surface area (Å²) in [6, 6.07) is 2.18.